The van der Waals surface area contributed by atoms with Crippen LogP contribution in [0.5, 0.6) is 0 Å². The number of morpholine rings is 1. The normalized spacial score (nSPS) is 17.0. The van der Waals surface area contributed by atoms with Gasteiger partial charge in [-0.3, -0.25) is 9.88 Å². The molecule has 0 radical (unpaired) electrons. The summed E-state index contributed by atoms with van der Waals surface area (Å²) in [6, 6.07) is 14.6. The third-order valence-electron chi connectivity index (χ3n) is 5.88. The molecule has 1 aromatic carbocycles. The number of nitrogens with zero attached hydrogens (tertiary/aromatic N) is 5. The number of pyridine rings is 1. The molecule has 7 heteroatoms. The molecule has 0 bridgehead atoms. The molecule has 0 aliphatic carbocycles. The van der Waals surface area contributed by atoms with Gasteiger partial charge in [0, 0.05) is 55.2 Å². The molecule has 0 amide bonds. The van der Waals surface area contributed by atoms with Gasteiger partial charge in [-0.15, -0.1) is 0 Å². The summed E-state index contributed by atoms with van der Waals surface area (Å²) in [5.41, 5.74) is 6.30. The highest BCUT2D eigenvalue weighted by Crippen LogP contribution is 2.26. The van der Waals surface area contributed by atoms with E-state index in [1.54, 1.807) is 0 Å². The molecule has 3 aromatic heterocycles. The number of benzene rings is 1. The summed E-state index contributed by atoms with van der Waals surface area (Å²) in [5.74, 6) is 0.590. The predicted molar refractivity (Wildman–Crippen MR) is 126 cm³/mol. The summed E-state index contributed by atoms with van der Waals surface area (Å²) < 4.78 is 8.26. The van der Waals surface area contributed by atoms with E-state index in [9.17, 15) is 0 Å². The van der Waals surface area contributed by atoms with Crippen molar-refractivity contribution in [3.05, 3.63) is 77.5 Å². The summed E-state index contributed by atoms with van der Waals surface area (Å²) in [6.45, 7) is 7.28. The van der Waals surface area contributed by atoms with E-state index in [0.717, 1.165) is 42.4 Å². The Kier molecular flexibility index (Phi) is 5.59. The molecular formula is C25H28N6O. The Bertz CT molecular complexity index is 1210. The second-order valence-electron chi connectivity index (χ2n) is 8.45. The maximum Gasteiger partial charge on any atom is 0.227 e. The molecule has 0 saturated carbocycles. The molecule has 4 aromatic rings. The fourth-order valence-electron chi connectivity index (χ4n) is 4.40. The van der Waals surface area contributed by atoms with Crippen molar-refractivity contribution >= 4 is 22.5 Å². The molecular weight excluding hydrogens is 400 g/mol. The molecule has 1 fully saturated rings. The van der Waals surface area contributed by atoms with Crippen LogP contribution in [0.15, 0.2) is 54.9 Å². The summed E-state index contributed by atoms with van der Waals surface area (Å²) in [6.07, 6.45) is 4.02. The predicted octanol–water partition coefficient (Wildman–Crippen LogP) is 4.30. The van der Waals surface area contributed by atoms with Gasteiger partial charge in [0.25, 0.3) is 0 Å². The van der Waals surface area contributed by atoms with E-state index in [2.05, 4.69) is 67.2 Å². The number of para-hydroxylation sites is 1. The maximum atomic E-state index is 6.06. The number of hydrogen-bond donors (Lipinski definition) is 1. The SMILES string of the molecule is Cc1cc(C)nc(Nc2ccc([C@H]3CN(Cc4cn(C)c5ccccc45)CCO3)nc2)n1. The second kappa shape index (κ2) is 8.68. The zero-order valence-corrected chi connectivity index (χ0v) is 18.7. The van der Waals surface area contributed by atoms with Crippen molar-refractivity contribution in [1.82, 2.24) is 24.4 Å². The molecule has 164 valence electrons. The highest BCUT2D eigenvalue weighted by molar-refractivity contribution is 5.83. The molecule has 7 nitrogen and oxygen atoms in total. The maximum absolute atomic E-state index is 6.06. The van der Waals surface area contributed by atoms with Crippen LogP contribution in [-0.4, -0.2) is 44.1 Å². The van der Waals surface area contributed by atoms with E-state index in [1.165, 1.54) is 16.5 Å². The molecule has 0 spiro atoms. The van der Waals surface area contributed by atoms with Gasteiger partial charge in [0.1, 0.15) is 6.10 Å². The number of hydrogen-bond acceptors (Lipinski definition) is 6. The number of nitrogens with one attached hydrogen (secondary N) is 1. The Morgan fingerprint density at radius 1 is 1.09 bits per heavy atom. The first-order valence-corrected chi connectivity index (χ1v) is 11.0. The van der Waals surface area contributed by atoms with Gasteiger partial charge in [-0.2, -0.15) is 0 Å². The summed E-state index contributed by atoms with van der Waals surface area (Å²) in [5, 5.41) is 4.56. The highest BCUT2D eigenvalue weighted by atomic mass is 16.5. The van der Waals surface area contributed by atoms with E-state index >= 15 is 0 Å². The standard InChI is InChI=1S/C25H28N6O/c1-17-12-18(2)28-25(27-17)29-20-8-9-22(26-13-20)24-16-31(10-11-32-24)15-19-14-30(3)23-7-5-4-6-21(19)23/h4-9,12-14,24H,10-11,15-16H2,1-3H3,(H,27,28,29)/t24-/m1/s1. The van der Waals surface area contributed by atoms with Crippen molar-refractivity contribution in [3.63, 3.8) is 0 Å². The van der Waals surface area contributed by atoms with E-state index in [1.807, 2.05) is 38.2 Å². The Labute approximate surface area is 188 Å². The summed E-state index contributed by atoms with van der Waals surface area (Å²) in [7, 11) is 2.11. The molecule has 1 N–H and O–H groups in total. The van der Waals surface area contributed by atoms with Crippen molar-refractivity contribution in [1.29, 1.82) is 0 Å². The van der Waals surface area contributed by atoms with Gasteiger partial charge in [0.05, 0.1) is 24.2 Å². The third-order valence-corrected chi connectivity index (χ3v) is 5.88. The van der Waals surface area contributed by atoms with Crippen molar-refractivity contribution in [2.24, 2.45) is 7.05 Å². The van der Waals surface area contributed by atoms with E-state index in [-0.39, 0.29) is 6.10 Å². The van der Waals surface area contributed by atoms with Gasteiger partial charge in [-0.1, -0.05) is 18.2 Å². The number of aromatic nitrogens is 4. The number of fused-ring (bicyclic) bond motifs is 1. The van der Waals surface area contributed by atoms with Crippen LogP contribution in [0.1, 0.15) is 28.7 Å². The monoisotopic (exact) mass is 428 g/mol. The van der Waals surface area contributed by atoms with Gasteiger partial charge < -0.3 is 14.6 Å². The molecule has 1 atom stereocenters. The number of aryl methyl sites for hydroxylation is 3. The van der Waals surface area contributed by atoms with Gasteiger partial charge >= 0.3 is 0 Å². The van der Waals surface area contributed by atoms with Gasteiger partial charge in [0.15, 0.2) is 0 Å². The van der Waals surface area contributed by atoms with Crippen LogP contribution in [0.2, 0.25) is 0 Å². The van der Waals surface area contributed by atoms with Crippen molar-refractivity contribution in [2.75, 3.05) is 25.0 Å². The van der Waals surface area contributed by atoms with E-state index in [0.29, 0.717) is 12.6 Å². The second-order valence-corrected chi connectivity index (χ2v) is 8.45. The fraction of sp³-hybridized carbons (Fsp3) is 0.320. The summed E-state index contributed by atoms with van der Waals surface area (Å²) in [4.78, 5) is 16.0. The lowest BCUT2D eigenvalue weighted by Gasteiger charge is -2.32. The lowest BCUT2D eigenvalue weighted by Crippen LogP contribution is -2.38. The van der Waals surface area contributed by atoms with Crippen LogP contribution in [0.25, 0.3) is 10.9 Å². The van der Waals surface area contributed by atoms with Gasteiger partial charge in [-0.25, -0.2) is 9.97 Å². The van der Waals surface area contributed by atoms with Crippen LogP contribution in [0.3, 0.4) is 0 Å². The fourth-order valence-corrected chi connectivity index (χ4v) is 4.40. The minimum Gasteiger partial charge on any atom is -0.369 e. The van der Waals surface area contributed by atoms with Crippen LogP contribution in [-0.2, 0) is 18.3 Å². The van der Waals surface area contributed by atoms with Crippen LogP contribution in [0, 0.1) is 13.8 Å². The minimum absolute atomic E-state index is 0.0368. The first kappa shape index (κ1) is 20.6. The number of ether oxygens (including phenoxy) is 1. The quantitative estimate of drug-likeness (QED) is 0.511. The molecule has 0 unspecified atom stereocenters. The molecule has 4 heterocycles. The number of anilines is 2. The Morgan fingerprint density at radius 2 is 1.91 bits per heavy atom. The Balaban J connectivity index is 1.27. The van der Waals surface area contributed by atoms with Crippen LogP contribution in [0.4, 0.5) is 11.6 Å². The van der Waals surface area contributed by atoms with E-state index in [4.69, 9.17) is 4.74 Å². The highest BCUT2D eigenvalue weighted by Gasteiger charge is 2.24. The topological polar surface area (TPSA) is 68.1 Å². The third kappa shape index (κ3) is 4.35. The average Bonchev–Trinajstić information content (AvgIpc) is 3.09. The molecule has 1 aliphatic heterocycles. The van der Waals surface area contributed by atoms with Crippen LogP contribution < -0.4 is 5.32 Å². The zero-order valence-electron chi connectivity index (χ0n) is 18.7. The lowest BCUT2D eigenvalue weighted by molar-refractivity contribution is -0.0348. The smallest absolute Gasteiger partial charge is 0.227 e. The number of rotatable bonds is 5. The molecule has 32 heavy (non-hydrogen) atoms. The Morgan fingerprint density at radius 3 is 2.69 bits per heavy atom. The molecule has 1 aliphatic rings. The first-order chi connectivity index (χ1) is 15.5. The Hall–Kier alpha value is -3.29. The molecule has 1 saturated heterocycles. The largest absolute Gasteiger partial charge is 0.369 e. The van der Waals surface area contributed by atoms with Gasteiger partial charge in [-0.05, 0) is 43.7 Å². The zero-order chi connectivity index (χ0) is 22.1. The lowest BCUT2D eigenvalue weighted by atomic mass is 10.1. The van der Waals surface area contributed by atoms with Crippen molar-refractivity contribution in [3.8, 4) is 0 Å². The summed E-state index contributed by atoms with van der Waals surface area (Å²) >= 11 is 0. The average molecular weight is 429 g/mol. The van der Waals surface area contributed by atoms with Crippen molar-refractivity contribution in [2.45, 2.75) is 26.5 Å². The van der Waals surface area contributed by atoms with Crippen LogP contribution >= 0.6 is 0 Å². The molecule has 5 rings (SSSR count). The van der Waals surface area contributed by atoms with E-state index < -0.39 is 0 Å². The minimum atomic E-state index is -0.0368. The first-order valence-electron chi connectivity index (χ1n) is 11.0. The van der Waals surface area contributed by atoms with Gasteiger partial charge in [0.2, 0.25) is 5.95 Å². The van der Waals surface area contributed by atoms with Crippen molar-refractivity contribution < 1.29 is 4.74 Å².